The Hall–Kier alpha value is -1.76. The lowest BCUT2D eigenvalue weighted by Crippen LogP contribution is -2.39. The lowest BCUT2D eigenvalue weighted by molar-refractivity contribution is -0.138. The fourth-order valence-electron chi connectivity index (χ4n) is 1.97. The largest absolute Gasteiger partial charge is 0.339 e. The SMILES string of the molecule is CCN1C(=O)CC(NCCc2nc(C)no2)C1=O. The van der Waals surface area contributed by atoms with E-state index in [2.05, 4.69) is 15.5 Å². The third-order valence-corrected chi connectivity index (χ3v) is 2.86. The monoisotopic (exact) mass is 252 g/mol. The van der Waals surface area contributed by atoms with E-state index in [1.807, 2.05) is 0 Å². The van der Waals surface area contributed by atoms with E-state index in [-0.39, 0.29) is 18.2 Å². The lowest BCUT2D eigenvalue weighted by Gasteiger charge is -2.12. The number of aryl methyl sites for hydroxylation is 1. The van der Waals surface area contributed by atoms with E-state index in [1.165, 1.54) is 4.90 Å². The molecule has 1 saturated heterocycles. The second-order valence-electron chi connectivity index (χ2n) is 4.17. The van der Waals surface area contributed by atoms with Crippen molar-refractivity contribution in [1.82, 2.24) is 20.4 Å². The highest BCUT2D eigenvalue weighted by atomic mass is 16.5. The van der Waals surface area contributed by atoms with Crippen LogP contribution < -0.4 is 5.32 Å². The van der Waals surface area contributed by atoms with Gasteiger partial charge in [-0.2, -0.15) is 4.98 Å². The van der Waals surface area contributed by atoms with Crippen molar-refractivity contribution < 1.29 is 14.1 Å². The minimum absolute atomic E-state index is 0.117. The number of carbonyl (C=O) groups excluding carboxylic acids is 2. The molecule has 0 aromatic carbocycles. The summed E-state index contributed by atoms with van der Waals surface area (Å²) in [6.07, 6.45) is 0.778. The summed E-state index contributed by atoms with van der Waals surface area (Å²) in [5, 5.41) is 6.72. The molecule has 1 unspecified atom stereocenters. The molecule has 1 aliphatic rings. The molecule has 0 radical (unpaired) electrons. The Bertz CT molecular complexity index is 457. The molecule has 7 nitrogen and oxygen atoms in total. The van der Waals surface area contributed by atoms with Gasteiger partial charge in [0, 0.05) is 19.5 Å². The van der Waals surface area contributed by atoms with Gasteiger partial charge in [0.15, 0.2) is 5.82 Å². The second kappa shape index (κ2) is 5.26. The van der Waals surface area contributed by atoms with Crippen LogP contribution in [0.25, 0.3) is 0 Å². The molecular formula is C11H16N4O3. The molecule has 7 heteroatoms. The first-order valence-corrected chi connectivity index (χ1v) is 5.98. The predicted molar refractivity (Wildman–Crippen MR) is 61.5 cm³/mol. The highest BCUT2D eigenvalue weighted by Gasteiger charge is 2.36. The topological polar surface area (TPSA) is 88.3 Å². The van der Waals surface area contributed by atoms with Gasteiger partial charge in [-0.15, -0.1) is 0 Å². The smallest absolute Gasteiger partial charge is 0.246 e. The van der Waals surface area contributed by atoms with Crippen LogP contribution in [0.3, 0.4) is 0 Å². The van der Waals surface area contributed by atoms with Crippen LogP contribution in [-0.2, 0) is 16.0 Å². The Kier molecular flexibility index (Phi) is 3.71. The quantitative estimate of drug-likeness (QED) is 0.721. The number of likely N-dealkylation sites (tertiary alicyclic amines) is 1. The van der Waals surface area contributed by atoms with Gasteiger partial charge < -0.3 is 9.84 Å². The van der Waals surface area contributed by atoms with Gasteiger partial charge in [-0.3, -0.25) is 14.5 Å². The van der Waals surface area contributed by atoms with E-state index >= 15 is 0 Å². The van der Waals surface area contributed by atoms with Crippen molar-refractivity contribution in [1.29, 1.82) is 0 Å². The molecule has 1 aliphatic heterocycles. The summed E-state index contributed by atoms with van der Waals surface area (Å²) >= 11 is 0. The van der Waals surface area contributed by atoms with Gasteiger partial charge >= 0.3 is 0 Å². The van der Waals surface area contributed by atoms with E-state index in [9.17, 15) is 9.59 Å². The molecule has 0 bridgehead atoms. The average molecular weight is 252 g/mol. The van der Waals surface area contributed by atoms with Crippen LogP contribution in [0.1, 0.15) is 25.1 Å². The molecule has 1 aromatic rings. The van der Waals surface area contributed by atoms with Crippen LogP contribution in [0.2, 0.25) is 0 Å². The van der Waals surface area contributed by atoms with Crippen LogP contribution in [0.5, 0.6) is 0 Å². The van der Waals surface area contributed by atoms with Crippen molar-refractivity contribution in [3.05, 3.63) is 11.7 Å². The Morgan fingerprint density at radius 3 is 2.83 bits per heavy atom. The molecule has 1 N–H and O–H groups in total. The molecule has 98 valence electrons. The van der Waals surface area contributed by atoms with E-state index in [4.69, 9.17) is 4.52 Å². The van der Waals surface area contributed by atoms with Crippen LogP contribution in [0, 0.1) is 6.92 Å². The zero-order chi connectivity index (χ0) is 13.1. The number of likely N-dealkylation sites (N-methyl/N-ethyl adjacent to an activating group) is 1. The minimum atomic E-state index is -0.415. The van der Waals surface area contributed by atoms with Crippen molar-refractivity contribution in [3.63, 3.8) is 0 Å². The van der Waals surface area contributed by atoms with Gasteiger partial charge in [0.1, 0.15) is 0 Å². The van der Waals surface area contributed by atoms with Crippen molar-refractivity contribution in [3.8, 4) is 0 Å². The molecule has 1 aromatic heterocycles. The summed E-state index contributed by atoms with van der Waals surface area (Å²) in [5.41, 5.74) is 0. The number of nitrogens with zero attached hydrogens (tertiary/aromatic N) is 3. The van der Waals surface area contributed by atoms with Crippen molar-refractivity contribution >= 4 is 11.8 Å². The van der Waals surface area contributed by atoms with Crippen molar-refractivity contribution in [2.45, 2.75) is 32.7 Å². The number of aromatic nitrogens is 2. The molecule has 1 atom stereocenters. The Morgan fingerprint density at radius 1 is 1.50 bits per heavy atom. The molecule has 0 saturated carbocycles. The zero-order valence-corrected chi connectivity index (χ0v) is 10.5. The summed E-state index contributed by atoms with van der Waals surface area (Å²) in [7, 11) is 0. The normalized spacial score (nSPS) is 19.9. The Labute approximate surface area is 105 Å². The number of hydrogen-bond acceptors (Lipinski definition) is 6. The number of imide groups is 1. The summed E-state index contributed by atoms with van der Waals surface area (Å²) in [6, 6.07) is -0.415. The van der Waals surface area contributed by atoms with Gasteiger partial charge in [0.25, 0.3) is 0 Å². The number of rotatable bonds is 5. The van der Waals surface area contributed by atoms with Crippen LogP contribution in [0.15, 0.2) is 4.52 Å². The first-order chi connectivity index (χ1) is 8.61. The summed E-state index contributed by atoms with van der Waals surface area (Å²) in [5.74, 6) is 0.858. The second-order valence-corrected chi connectivity index (χ2v) is 4.17. The predicted octanol–water partition coefficient (Wildman–Crippen LogP) is -0.342. The maximum atomic E-state index is 11.8. The van der Waals surface area contributed by atoms with Gasteiger partial charge in [-0.1, -0.05) is 5.16 Å². The molecule has 2 rings (SSSR count). The number of nitrogens with one attached hydrogen (secondary N) is 1. The molecule has 2 amide bonds. The number of carbonyl (C=O) groups is 2. The summed E-state index contributed by atoms with van der Waals surface area (Å²) in [4.78, 5) is 28.6. The van der Waals surface area contributed by atoms with Crippen LogP contribution >= 0.6 is 0 Å². The van der Waals surface area contributed by atoms with E-state index in [1.54, 1.807) is 13.8 Å². The van der Waals surface area contributed by atoms with Crippen LogP contribution in [0.4, 0.5) is 0 Å². The van der Waals surface area contributed by atoms with E-state index in [0.717, 1.165) is 0 Å². The fraction of sp³-hybridized carbons (Fsp3) is 0.636. The molecule has 2 heterocycles. The average Bonchev–Trinajstić information content (AvgIpc) is 2.85. The first-order valence-electron chi connectivity index (χ1n) is 5.98. The fourth-order valence-corrected chi connectivity index (χ4v) is 1.97. The minimum Gasteiger partial charge on any atom is -0.339 e. The van der Waals surface area contributed by atoms with Gasteiger partial charge in [0.05, 0.1) is 12.5 Å². The standard InChI is InChI=1S/C11H16N4O3/c1-3-15-10(16)6-8(11(15)17)12-5-4-9-13-7(2)14-18-9/h8,12H,3-6H2,1-2H3. The highest BCUT2D eigenvalue weighted by Crippen LogP contribution is 2.12. The summed E-state index contributed by atoms with van der Waals surface area (Å²) < 4.78 is 4.96. The highest BCUT2D eigenvalue weighted by molar-refractivity contribution is 6.05. The molecule has 18 heavy (non-hydrogen) atoms. The van der Waals surface area contributed by atoms with Crippen LogP contribution in [-0.4, -0.2) is 46.0 Å². The molecular weight excluding hydrogens is 236 g/mol. The van der Waals surface area contributed by atoms with Crippen molar-refractivity contribution in [2.75, 3.05) is 13.1 Å². The third kappa shape index (κ3) is 2.56. The van der Waals surface area contributed by atoms with Gasteiger partial charge in [-0.25, -0.2) is 0 Å². The number of amides is 2. The van der Waals surface area contributed by atoms with E-state index < -0.39 is 6.04 Å². The maximum Gasteiger partial charge on any atom is 0.246 e. The Morgan fingerprint density at radius 2 is 2.28 bits per heavy atom. The first kappa shape index (κ1) is 12.7. The lowest BCUT2D eigenvalue weighted by atomic mass is 10.2. The van der Waals surface area contributed by atoms with Gasteiger partial charge in [-0.05, 0) is 13.8 Å². The maximum absolute atomic E-state index is 11.8. The molecule has 0 spiro atoms. The zero-order valence-electron chi connectivity index (χ0n) is 10.5. The van der Waals surface area contributed by atoms with Crippen molar-refractivity contribution in [2.24, 2.45) is 0 Å². The molecule has 0 aliphatic carbocycles. The van der Waals surface area contributed by atoms with Gasteiger partial charge in [0.2, 0.25) is 17.7 Å². The summed E-state index contributed by atoms with van der Waals surface area (Å²) in [6.45, 7) is 4.50. The number of hydrogen-bond donors (Lipinski definition) is 1. The third-order valence-electron chi connectivity index (χ3n) is 2.86. The van der Waals surface area contributed by atoms with E-state index in [0.29, 0.717) is 31.2 Å². The molecule has 1 fully saturated rings. The Balaban J connectivity index is 1.81.